The first kappa shape index (κ1) is 19.0. The van der Waals surface area contributed by atoms with E-state index in [-0.39, 0.29) is 11.8 Å². The number of rotatable bonds is 5. The van der Waals surface area contributed by atoms with Crippen LogP contribution in [0.1, 0.15) is 5.56 Å². The van der Waals surface area contributed by atoms with Crippen LogP contribution in [0, 0.1) is 5.82 Å². The van der Waals surface area contributed by atoms with Crippen molar-refractivity contribution in [2.24, 2.45) is 0 Å². The molecule has 2 amide bonds. The van der Waals surface area contributed by atoms with Gasteiger partial charge in [-0.1, -0.05) is 18.2 Å². The van der Waals surface area contributed by atoms with Crippen LogP contribution >= 0.6 is 0 Å². The standard InChI is InChI=1S/C20H24FN3O3/c1-26-18-8-7-16(13-19(18)27-2)22-20(25)24-11-9-23(10-12-24)14-15-5-3-4-6-17(15)21/h3-8,13H,9-12,14H2,1-2H3,(H,22,25). The van der Waals surface area contributed by atoms with E-state index >= 15 is 0 Å². The number of nitrogens with zero attached hydrogens (tertiary/aromatic N) is 2. The molecule has 0 aliphatic carbocycles. The first-order valence-corrected chi connectivity index (χ1v) is 8.84. The van der Waals surface area contributed by atoms with Gasteiger partial charge in [0.2, 0.25) is 0 Å². The molecule has 0 saturated carbocycles. The Hall–Kier alpha value is -2.80. The van der Waals surface area contributed by atoms with E-state index < -0.39 is 0 Å². The lowest BCUT2D eigenvalue weighted by Gasteiger charge is -2.34. The number of benzene rings is 2. The number of anilines is 1. The van der Waals surface area contributed by atoms with Gasteiger partial charge in [-0.3, -0.25) is 4.90 Å². The molecule has 2 aromatic carbocycles. The molecule has 1 heterocycles. The number of piperazine rings is 1. The van der Waals surface area contributed by atoms with Crippen LogP contribution in [0.5, 0.6) is 11.5 Å². The van der Waals surface area contributed by atoms with E-state index in [2.05, 4.69) is 10.2 Å². The number of methoxy groups -OCH3 is 2. The van der Waals surface area contributed by atoms with Crippen LogP contribution in [0.3, 0.4) is 0 Å². The Bertz CT molecular complexity index is 792. The molecule has 27 heavy (non-hydrogen) atoms. The number of halogens is 1. The number of nitrogens with one attached hydrogen (secondary N) is 1. The maximum Gasteiger partial charge on any atom is 0.321 e. The highest BCUT2D eigenvalue weighted by molar-refractivity contribution is 5.89. The van der Waals surface area contributed by atoms with Crippen molar-refractivity contribution in [3.05, 3.63) is 53.8 Å². The van der Waals surface area contributed by atoms with Crippen molar-refractivity contribution in [3.63, 3.8) is 0 Å². The minimum atomic E-state index is -0.189. The summed E-state index contributed by atoms with van der Waals surface area (Å²) in [5.74, 6) is 0.980. The van der Waals surface area contributed by atoms with Crippen molar-refractivity contribution in [2.75, 3.05) is 45.7 Å². The minimum Gasteiger partial charge on any atom is -0.493 e. The molecule has 1 aliphatic rings. The summed E-state index contributed by atoms with van der Waals surface area (Å²) >= 11 is 0. The number of urea groups is 1. The molecule has 0 unspecified atom stereocenters. The molecule has 7 heteroatoms. The molecule has 2 aromatic rings. The van der Waals surface area contributed by atoms with Crippen molar-refractivity contribution in [3.8, 4) is 11.5 Å². The largest absolute Gasteiger partial charge is 0.493 e. The smallest absolute Gasteiger partial charge is 0.321 e. The minimum absolute atomic E-state index is 0.159. The van der Waals surface area contributed by atoms with Gasteiger partial charge in [-0.2, -0.15) is 0 Å². The summed E-state index contributed by atoms with van der Waals surface area (Å²) in [6, 6.07) is 11.9. The maximum absolute atomic E-state index is 13.8. The van der Waals surface area contributed by atoms with Crippen LogP contribution in [0.4, 0.5) is 14.9 Å². The number of carbonyl (C=O) groups excluding carboxylic acids is 1. The van der Waals surface area contributed by atoms with Gasteiger partial charge in [-0.05, 0) is 18.2 Å². The molecule has 1 N–H and O–H groups in total. The van der Waals surface area contributed by atoms with E-state index in [0.29, 0.717) is 55.5 Å². The summed E-state index contributed by atoms with van der Waals surface area (Å²) in [5.41, 5.74) is 1.33. The summed E-state index contributed by atoms with van der Waals surface area (Å²) in [6.07, 6.45) is 0. The highest BCUT2D eigenvalue weighted by atomic mass is 19.1. The lowest BCUT2D eigenvalue weighted by molar-refractivity contribution is 0.142. The first-order valence-electron chi connectivity index (χ1n) is 8.84. The number of hydrogen-bond donors (Lipinski definition) is 1. The van der Waals surface area contributed by atoms with Crippen molar-refractivity contribution < 1.29 is 18.7 Å². The average molecular weight is 373 g/mol. The maximum atomic E-state index is 13.8. The predicted molar refractivity (Wildman–Crippen MR) is 102 cm³/mol. The van der Waals surface area contributed by atoms with Crippen molar-refractivity contribution in [2.45, 2.75) is 6.54 Å². The molecule has 144 valence electrons. The van der Waals surface area contributed by atoms with Crippen LogP contribution in [0.25, 0.3) is 0 Å². The van der Waals surface area contributed by atoms with Crippen molar-refractivity contribution in [1.82, 2.24) is 9.80 Å². The third-order valence-electron chi connectivity index (χ3n) is 4.65. The summed E-state index contributed by atoms with van der Waals surface area (Å²) in [4.78, 5) is 16.4. The molecule has 0 aromatic heterocycles. The zero-order chi connectivity index (χ0) is 19.2. The summed E-state index contributed by atoms with van der Waals surface area (Å²) in [7, 11) is 3.12. The van der Waals surface area contributed by atoms with Crippen LogP contribution in [-0.4, -0.2) is 56.2 Å². The van der Waals surface area contributed by atoms with Gasteiger partial charge in [0, 0.05) is 50.0 Å². The Labute approximate surface area is 158 Å². The Morgan fingerprint density at radius 2 is 1.74 bits per heavy atom. The van der Waals surface area contributed by atoms with Crippen LogP contribution in [0.15, 0.2) is 42.5 Å². The average Bonchev–Trinajstić information content (AvgIpc) is 2.70. The second-order valence-corrected chi connectivity index (χ2v) is 6.35. The Balaban J connectivity index is 1.53. The molecular weight excluding hydrogens is 349 g/mol. The highest BCUT2D eigenvalue weighted by Gasteiger charge is 2.22. The second kappa shape index (κ2) is 8.73. The summed E-state index contributed by atoms with van der Waals surface area (Å²) < 4.78 is 24.2. The number of amides is 2. The fraction of sp³-hybridized carbons (Fsp3) is 0.350. The van der Waals surface area contributed by atoms with E-state index in [9.17, 15) is 9.18 Å². The van der Waals surface area contributed by atoms with Gasteiger partial charge in [0.15, 0.2) is 11.5 Å². The fourth-order valence-corrected chi connectivity index (χ4v) is 3.09. The molecule has 6 nitrogen and oxygen atoms in total. The molecule has 1 saturated heterocycles. The van der Waals surface area contributed by atoms with Gasteiger partial charge in [0.1, 0.15) is 5.82 Å². The monoisotopic (exact) mass is 373 g/mol. The van der Waals surface area contributed by atoms with Crippen LogP contribution < -0.4 is 14.8 Å². The van der Waals surface area contributed by atoms with Gasteiger partial charge in [0.25, 0.3) is 0 Å². The molecule has 0 bridgehead atoms. The van der Waals surface area contributed by atoms with Crippen molar-refractivity contribution >= 4 is 11.7 Å². The second-order valence-electron chi connectivity index (χ2n) is 6.35. The van der Waals surface area contributed by atoms with Gasteiger partial charge in [-0.25, -0.2) is 9.18 Å². The van der Waals surface area contributed by atoms with Gasteiger partial charge in [-0.15, -0.1) is 0 Å². The summed E-state index contributed by atoms with van der Waals surface area (Å²) in [6.45, 7) is 3.14. The number of ether oxygens (including phenoxy) is 2. The topological polar surface area (TPSA) is 54.0 Å². The fourth-order valence-electron chi connectivity index (χ4n) is 3.09. The molecule has 3 rings (SSSR count). The third kappa shape index (κ3) is 4.68. The Morgan fingerprint density at radius 1 is 1.04 bits per heavy atom. The van der Waals surface area contributed by atoms with E-state index in [0.717, 1.165) is 0 Å². The van der Waals surface area contributed by atoms with E-state index in [1.807, 2.05) is 6.07 Å². The van der Waals surface area contributed by atoms with Gasteiger partial charge < -0.3 is 19.7 Å². The van der Waals surface area contributed by atoms with Gasteiger partial charge in [0.05, 0.1) is 14.2 Å². The van der Waals surface area contributed by atoms with E-state index in [1.54, 1.807) is 49.5 Å². The van der Waals surface area contributed by atoms with Gasteiger partial charge >= 0.3 is 6.03 Å². The first-order chi connectivity index (χ1) is 13.1. The lowest BCUT2D eigenvalue weighted by atomic mass is 10.2. The lowest BCUT2D eigenvalue weighted by Crippen LogP contribution is -2.49. The zero-order valence-corrected chi connectivity index (χ0v) is 15.6. The molecule has 1 fully saturated rings. The Morgan fingerprint density at radius 3 is 2.41 bits per heavy atom. The molecular formula is C20H24FN3O3. The number of carbonyl (C=O) groups is 1. The summed E-state index contributed by atoms with van der Waals surface area (Å²) in [5, 5.41) is 2.88. The molecule has 0 radical (unpaired) electrons. The SMILES string of the molecule is COc1ccc(NC(=O)N2CCN(Cc3ccccc3F)CC2)cc1OC. The van der Waals surface area contributed by atoms with Crippen molar-refractivity contribution in [1.29, 1.82) is 0 Å². The zero-order valence-electron chi connectivity index (χ0n) is 15.6. The predicted octanol–water partition coefficient (Wildman–Crippen LogP) is 3.19. The molecule has 0 atom stereocenters. The third-order valence-corrected chi connectivity index (χ3v) is 4.65. The number of hydrogen-bond acceptors (Lipinski definition) is 4. The highest BCUT2D eigenvalue weighted by Crippen LogP contribution is 2.29. The van der Waals surface area contributed by atoms with E-state index in [4.69, 9.17) is 9.47 Å². The van der Waals surface area contributed by atoms with E-state index in [1.165, 1.54) is 6.07 Å². The normalized spacial score (nSPS) is 14.7. The molecule has 1 aliphatic heterocycles. The molecule has 0 spiro atoms. The Kier molecular flexibility index (Phi) is 6.13. The quantitative estimate of drug-likeness (QED) is 0.875. The van der Waals surface area contributed by atoms with Crippen LogP contribution in [-0.2, 0) is 6.54 Å². The van der Waals surface area contributed by atoms with Crippen LogP contribution in [0.2, 0.25) is 0 Å².